The standard InChI is InChI=1S/C18H26FN3O/c1-7-17(18-12(3)21-22(5)13(18)4)20-11(2)15-9-8-14(23-6)10-16(15)19/h8-11,17,20H,7H2,1-6H3/t11-,17+/m1/s1. The molecule has 0 saturated heterocycles. The van der Waals surface area contributed by atoms with E-state index >= 15 is 0 Å². The summed E-state index contributed by atoms with van der Waals surface area (Å²) in [5.74, 6) is 0.281. The Balaban J connectivity index is 2.25. The molecule has 2 atom stereocenters. The van der Waals surface area contributed by atoms with Crippen molar-refractivity contribution in [3.05, 3.63) is 46.5 Å². The topological polar surface area (TPSA) is 39.1 Å². The van der Waals surface area contributed by atoms with Crippen LogP contribution >= 0.6 is 0 Å². The summed E-state index contributed by atoms with van der Waals surface area (Å²) in [6.07, 6.45) is 0.912. The first-order chi connectivity index (χ1) is 10.9. The maximum Gasteiger partial charge on any atom is 0.131 e. The highest BCUT2D eigenvalue weighted by atomic mass is 19.1. The molecule has 0 aliphatic carbocycles. The fraction of sp³-hybridized carbons (Fsp3) is 0.500. The number of benzene rings is 1. The number of methoxy groups -OCH3 is 1. The van der Waals surface area contributed by atoms with Gasteiger partial charge in [0.2, 0.25) is 0 Å². The predicted molar refractivity (Wildman–Crippen MR) is 90.2 cm³/mol. The normalized spacial score (nSPS) is 13.9. The lowest BCUT2D eigenvalue weighted by atomic mass is 9.99. The van der Waals surface area contributed by atoms with Gasteiger partial charge in [-0.05, 0) is 33.3 Å². The van der Waals surface area contributed by atoms with Crippen molar-refractivity contribution in [1.82, 2.24) is 15.1 Å². The summed E-state index contributed by atoms with van der Waals surface area (Å²) in [6, 6.07) is 5.03. The van der Waals surface area contributed by atoms with Gasteiger partial charge in [-0.2, -0.15) is 5.10 Å². The third-order valence-electron chi connectivity index (χ3n) is 4.45. The minimum absolute atomic E-state index is 0.107. The first kappa shape index (κ1) is 17.5. The zero-order valence-electron chi connectivity index (χ0n) is 14.8. The number of aryl methyl sites for hydroxylation is 2. The van der Waals surface area contributed by atoms with Gasteiger partial charge in [0, 0.05) is 42.0 Å². The first-order valence-electron chi connectivity index (χ1n) is 7.98. The van der Waals surface area contributed by atoms with Crippen molar-refractivity contribution in [3.63, 3.8) is 0 Å². The molecule has 1 N–H and O–H groups in total. The maximum atomic E-state index is 14.3. The number of aromatic nitrogens is 2. The van der Waals surface area contributed by atoms with E-state index in [1.54, 1.807) is 12.1 Å². The average Bonchev–Trinajstić information content (AvgIpc) is 2.77. The Morgan fingerprint density at radius 3 is 2.52 bits per heavy atom. The van der Waals surface area contributed by atoms with E-state index in [1.165, 1.54) is 18.7 Å². The summed E-state index contributed by atoms with van der Waals surface area (Å²) in [5, 5.41) is 8.02. The van der Waals surface area contributed by atoms with Crippen molar-refractivity contribution in [1.29, 1.82) is 0 Å². The minimum atomic E-state index is -0.251. The lowest BCUT2D eigenvalue weighted by Crippen LogP contribution is -2.25. The Bertz CT molecular complexity index is 681. The monoisotopic (exact) mass is 319 g/mol. The number of ether oxygens (including phenoxy) is 1. The highest BCUT2D eigenvalue weighted by Crippen LogP contribution is 2.28. The van der Waals surface area contributed by atoms with Gasteiger partial charge in [0.25, 0.3) is 0 Å². The molecular formula is C18H26FN3O. The number of halogens is 1. The van der Waals surface area contributed by atoms with Crippen LogP contribution in [-0.4, -0.2) is 16.9 Å². The van der Waals surface area contributed by atoms with Crippen LogP contribution in [-0.2, 0) is 7.05 Å². The lowest BCUT2D eigenvalue weighted by molar-refractivity contribution is 0.406. The summed E-state index contributed by atoms with van der Waals surface area (Å²) in [5.41, 5.74) is 4.01. The molecule has 5 heteroatoms. The Morgan fingerprint density at radius 2 is 2.04 bits per heavy atom. The summed E-state index contributed by atoms with van der Waals surface area (Å²) in [4.78, 5) is 0. The predicted octanol–water partition coefficient (Wildman–Crippen LogP) is 3.99. The summed E-state index contributed by atoms with van der Waals surface area (Å²) < 4.78 is 21.2. The Hall–Kier alpha value is -1.88. The van der Waals surface area contributed by atoms with Crippen LogP contribution in [0.25, 0.3) is 0 Å². The number of rotatable bonds is 6. The molecule has 4 nitrogen and oxygen atoms in total. The van der Waals surface area contributed by atoms with E-state index in [1.807, 2.05) is 25.6 Å². The van der Waals surface area contributed by atoms with Crippen LogP contribution in [0.2, 0.25) is 0 Å². The summed E-state index contributed by atoms with van der Waals surface area (Å²) in [7, 11) is 3.49. The smallest absolute Gasteiger partial charge is 0.131 e. The van der Waals surface area contributed by atoms with Crippen molar-refractivity contribution in [2.75, 3.05) is 7.11 Å². The molecule has 1 aromatic carbocycles. The van der Waals surface area contributed by atoms with E-state index in [2.05, 4.69) is 24.3 Å². The van der Waals surface area contributed by atoms with Gasteiger partial charge >= 0.3 is 0 Å². The second-order valence-electron chi connectivity index (χ2n) is 5.94. The zero-order valence-corrected chi connectivity index (χ0v) is 14.8. The SMILES string of the molecule is CC[C@H](N[C@H](C)c1ccc(OC)cc1F)c1c(C)nn(C)c1C. The van der Waals surface area contributed by atoms with E-state index in [0.29, 0.717) is 11.3 Å². The van der Waals surface area contributed by atoms with Crippen molar-refractivity contribution < 1.29 is 9.13 Å². The maximum absolute atomic E-state index is 14.3. The lowest BCUT2D eigenvalue weighted by Gasteiger charge is -2.24. The van der Waals surface area contributed by atoms with Gasteiger partial charge in [0.05, 0.1) is 12.8 Å². The molecule has 0 unspecified atom stereocenters. The molecule has 23 heavy (non-hydrogen) atoms. The molecule has 0 radical (unpaired) electrons. The molecule has 1 aromatic heterocycles. The fourth-order valence-electron chi connectivity index (χ4n) is 3.08. The third kappa shape index (κ3) is 3.55. The van der Waals surface area contributed by atoms with Gasteiger partial charge < -0.3 is 10.1 Å². The molecule has 0 spiro atoms. The molecule has 0 fully saturated rings. The van der Waals surface area contributed by atoms with E-state index in [4.69, 9.17) is 4.74 Å². The molecule has 0 amide bonds. The van der Waals surface area contributed by atoms with Gasteiger partial charge in [0.15, 0.2) is 0 Å². The number of hydrogen-bond acceptors (Lipinski definition) is 3. The first-order valence-corrected chi connectivity index (χ1v) is 7.98. The van der Waals surface area contributed by atoms with Crippen LogP contribution in [0, 0.1) is 19.7 Å². The van der Waals surface area contributed by atoms with E-state index < -0.39 is 0 Å². The number of nitrogens with one attached hydrogen (secondary N) is 1. The van der Waals surface area contributed by atoms with Crippen LogP contribution in [0.5, 0.6) is 5.75 Å². The molecule has 2 rings (SSSR count). The van der Waals surface area contributed by atoms with E-state index in [9.17, 15) is 4.39 Å². The van der Waals surface area contributed by atoms with Crippen LogP contribution in [0.15, 0.2) is 18.2 Å². The second kappa shape index (κ2) is 7.13. The summed E-state index contributed by atoms with van der Waals surface area (Å²) in [6.45, 7) is 8.19. The van der Waals surface area contributed by atoms with E-state index in [-0.39, 0.29) is 17.9 Å². The summed E-state index contributed by atoms with van der Waals surface area (Å²) >= 11 is 0. The number of hydrogen-bond donors (Lipinski definition) is 1. The highest BCUT2D eigenvalue weighted by Gasteiger charge is 2.22. The van der Waals surface area contributed by atoms with Crippen molar-refractivity contribution in [3.8, 4) is 5.75 Å². The Kier molecular flexibility index (Phi) is 5.42. The molecule has 0 saturated carbocycles. The van der Waals surface area contributed by atoms with Crippen molar-refractivity contribution in [2.24, 2.45) is 7.05 Å². The second-order valence-corrected chi connectivity index (χ2v) is 5.94. The third-order valence-corrected chi connectivity index (χ3v) is 4.45. The highest BCUT2D eigenvalue weighted by molar-refractivity contribution is 5.32. The largest absolute Gasteiger partial charge is 0.497 e. The molecule has 2 aromatic rings. The van der Waals surface area contributed by atoms with Gasteiger partial charge in [-0.1, -0.05) is 13.0 Å². The van der Waals surface area contributed by atoms with Crippen molar-refractivity contribution >= 4 is 0 Å². The van der Waals surface area contributed by atoms with Gasteiger partial charge in [0.1, 0.15) is 11.6 Å². The van der Waals surface area contributed by atoms with Gasteiger partial charge in [-0.15, -0.1) is 0 Å². The van der Waals surface area contributed by atoms with Crippen LogP contribution < -0.4 is 10.1 Å². The van der Waals surface area contributed by atoms with Crippen LogP contribution in [0.4, 0.5) is 4.39 Å². The van der Waals surface area contributed by atoms with Crippen molar-refractivity contribution in [2.45, 2.75) is 46.2 Å². The molecular weight excluding hydrogens is 293 g/mol. The molecule has 0 aliphatic heterocycles. The molecule has 1 heterocycles. The van der Waals surface area contributed by atoms with Gasteiger partial charge in [-0.25, -0.2) is 4.39 Å². The van der Waals surface area contributed by atoms with Gasteiger partial charge in [-0.3, -0.25) is 4.68 Å². The number of nitrogens with zero attached hydrogens (tertiary/aromatic N) is 2. The zero-order chi connectivity index (χ0) is 17.1. The Labute approximate surface area is 137 Å². The molecule has 0 aliphatic rings. The Morgan fingerprint density at radius 1 is 1.35 bits per heavy atom. The van der Waals surface area contributed by atoms with Crippen LogP contribution in [0.3, 0.4) is 0 Å². The van der Waals surface area contributed by atoms with E-state index in [0.717, 1.165) is 17.8 Å². The molecule has 0 bridgehead atoms. The minimum Gasteiger partial charge on any atom is -0.497 e. The van der Waals surface area contributed by atoms with Crippen LogP contribution in [0.1, 0.15) is 54.9 Å². The molecule has 126 valence electrons. The quantitative estimate of drug-likeness (QED) is 0.875. The average molecular weight is 319 g/mol. The fourth-order valence-corrected chi connectivity index (χ4v) is 3.08.